The van der Waals surface area contributed by atoms with E-state index in [1.165, 1.54) is 4.31 Å². The van der Waals surface area contributed by atoms with Crippen LogP contribution in [0.25, 0.3) is 0 Å². The zero-order valence-electron chi connectivity index (χ0n) is 15.4. The number of rotatable bonds is 5. The topological polar surface area (TPSA) is 84.9 Å². The number of amides is 1. The van der Waals surface area contributed by atoms with Gasteiger partial charge in [0.25, 0.3) is 5.91 Å². The van der Waals surface area contributed by atoms with E-state index in [-0.39, 0.29) is 19.0 Å². The van der Waals surface area contributed by atoms with Gasteiger partial charge in [-0.25, -0.2) is 8.42 Å². The number of fused-ring (bicyclic) bond motifs is 1. The Hall–Kier alpha value is -2.74. The molecule has 2 aromatic carbocycles. The number of aryl methyl sites for hydroxylation is 1. The van der Waals surface area contributed by atoms with Crippen molar-refractivity contribution in [3.63, 3.8) is 0 Å². The Morgan fingerprint density at radius 3 is 2.74 bits per heavy atom. The number of para-hydroxylation sites is 1. The Morgan fingerprint density at radius 2 is 2.04 bits per heavy atom. The van der Waals surface area contributed by atoms with Gasteiger partial charge in [-0.3, -0.25) is 9.10 Å². The van der Waals surface area contributed by atoms with E-state index >= 15 is 0 Å². The fourth-order valence-electron chi connectivity index (χ4n) is 2.96. The summed E-state index contributed by atoms with van der Waals surface area (Å²) in [7, 11) is -1.98. The van der Waals surface area contributed by atoms with Crippen LogP contribution in [-0.2, 0) is 21.4 Å². The van der Waals surface area contributed by atoms with Crippen LogP contribution in [0.2, 0.25) is 0 Å². The number of carbonyl (C=O) groups is 1. The Balaban J connectivity index is 1.79. The van der Waals surface area contributed by atoms with Crippen LogP contribution in [0.15, 0.2) is 42.5 Å². The number of ether oxygens (including phenoxy) is 2. The quantitative estimate of drug-likeness (QED) is 0.842. The molecule has 0 aliphatic carbocycles. The Morgan fingerprint density at radius 1 is 1.30 bits per heavy atom. The molecule has 1 aliphatic rings. The molecule has 0 aromatic heterocycles. The minimum absolute atomic E-state index is 0.0763. The Labute approximate surface area is 158 Å². The largest absolute Gasteiger partial charge is 0.496 e. The Bertz CT molecular complexity index is 958. The molecule has 1 aliphatic heterocycles. The lowest BCUT2D eigenvalue weighted by molar-refractivity contribution is -0.127. The van der Waals surface area contributed by atoms with E-state index in [0.717, 1.165) is 17.4 Å². The number of methoxy groups -OCH3 is 1. The van der Waals surface area contributed by atoms with E-state index in [9.17, 15) is 13.2 Å². The van der Waals surface area contributed by atoms with Crippen LogP contribution < -0.4 is 19.1 Å². The molecule has 1 heterocycles. The second kappa shape index (κ2) is 7.48. The van der Waals surface area contributed by atoms with E-state index in [4.69, 9.17) is 9.47 Å². The first-order chi connectivity index (χ1) is 12.8. The molecule has 7 nitrogen and oxygen atoms in total. The van der Waals surface area contributed by atoms with Gasteiger partial charge in [-0.1, -0.05) is 24.3 Å². The first-order valence-electron chi connectivity index (χ1n) is 8.44. The summed E-state index contributed by atoms with van der Waals surface area (Å²) in [5, 5.41) is 2.79. The monoisotopic (exact) mass is 390 g/mol. The zero-order chi connectivity index (χ0) is 19.6. The van der Waals surface area contributed by atoms with E-state index in [2.05, 4.69) is 5.32 Å². The summed E-state index contributed by atoms with van der Waals surface area (Å²) in [5.74, 6) is 0.649. The number of hydrogen-bond acceptors (Lipinski definition) is 5. The van der Waals surface area contributed by atoms with E-state index in [1.54, 1.807) is 19.2 Å². The molecular weight excluding hydrogens is 368 g/mol. The van der Waals surface area contributed by atoms with Gasteiger partial charge in [0.2, 0.25) is 10.0 Å². The van der Waals surface area contributed by atoms with Crippen LogP contribution in [0.1, 0.15) is 11.1 Å². The van der Waals surface area contributed by atoms with Crippen LogP contribution >= 0.6 is 0 Å². The molecule has 0 saturated carbocycles. The van der Waals surface area contributed by atoms with Gasteiger partial charge < -0.3 is 14.8 Å². The van der Waals surface area contributed by atoms with Gasteiger partial charge in [0, 0.05) is 12.1 Å². The van der Waals surface area contributed by atoms with Crippen molar-refractivity contribution < 1.29 is 22.7 Å². The number of hydrogen-bond donors (Lipinski definition) is 1. The van der Waals surface area contributed by atoms with Gasteiger partial charge in [-0.05, 0) is 30.7 Å². The third-order valence-electron chi connectivity index (χ3n) is 4.32. The normalized spacial score (nSPS) is 16.3. The van der Waals surface area contributed by atoms with Gasteiger partial charge in [0.15, 0.2) is 6.10 Å². The third-order valence-corrected chi connectivity index (χ3v) is 5.47. The van der Waals surface area contributed by atoms with Gasteiger partial charge in [-0.2, -0.15) is 0 Å². The minimum Gasteiger partial charge on any atom is -0.496 e. The molecule has 0 bridgehead atoms. The highest BCUT2D eigenvalue weighted by Crippen LogP contribution is 2.35. The molecule has 1 atom stereocenters. The first-order valence-corrected chi connectivity index (χ1v) is 10.3. The van der Waals surface area contributed by atoms with Crippen molar-refractivity contribution in [3.8, 4) is 11.5 Å². The van der Waals surface area contributed by atoms with Crippen molar-refractivity contribution in [2.45, 2.75) is 19.6 Å². The van der Waals surface area contributed by atoms with E-state index < -0.39 is 16.1 Å². The van der Waals surface area contributed by atoms with Crippen LogP contribution in [-0.4, -0.2) is 40.3 Å². The molecule has 0 spiro atoms. The van der Waals surface area contributed by atoms with Gasteiger partial charge in [0.1, 0.15) is 11.5 Å². The second-order valence-electron chi connectivity index (χ2n) is 6.40. The summed E-state index contributed by atoms with van der Waals surface area (Å²) in [6, 6.07) is 12.6. The SMILES string of the molecule is COc1ccccc1CNC(=O)[C@@H]1CN(S(C)(=O)=O)c2cc(C)ccc2O1. The summed E-state index contributed by atoms with van der Waals surface area (Å²) in [4.78, 5) is 12.6. The molecule has 0 radical (unpaired) electrons. The van der Waals surface area contributed by atoms with Gasteiger partial charge in [0.05, 0.1) is 25.6 Å². The second-order valence-corrected chi connectivity index (χ2v) is 8.31. The minimum atomic E-state index is -3.55. The summed E-state index contributed by atoms with van der Waals surface area (Å²) < 4.78 is 36.7. The van der Waals surface area contributed by atoms with Crippen molar-refractivity contribution in [1.82, 2.24) is 5.32 Å². The van der Waals surface area contributed by atoms with Crippen molar-refractivity contribution >= 4 is 21.6 Å². The number of nitrogens with one attached hydrogen (secondary N) is 1. The third kappa shape index (κ3) is 4.16. The van der Waals surface area contributed by atoms with Crippen LogP contribution in [0, 0.1) is 6.92 Å². The predicted octanol–water partition coefficient (Wildman–Crippen LogP) is 1.85. The molecule has 0 unspecified atom stereocenters. The molecule has 0 fully saturated rings. The molecule has 8 heteroatoms. The maximum absolute atomic E-state index is 12.6. The lowest BCUT2D eigenvalue weighted by atomic mass is 10.1. The molecule has 27 heavy (non-hydrogen) atoms. The summed E-state index contributed by atoms with van der Waals surface area (Å²) in [6.07, 6.45) is 0.179. The van der Waals surface area contributed by atoms with Gasteiger partial charge >= 0.3 is 0 Å². The smallest absolute Gasteiger partial charge is 0.263 e. The molecular formula is C19H22N2O5S. The number of anilines is 1. The lowest BCUT2D eigenvalue weighted by Crippen LogP contribution is -2.50. The molecule has 1 amide bonds. The maximum Gasteiger partial charge on any atom is 0.263 e. The van der Waals surface area contributed by atoms with Crippen LogP contribution in [0.3, 0.4) is 0 Å². The number of sulfonamides is 1. The maximum atomic E-state index is 12.6. The average molecular weight is 390 g/mol. The molecule has 2 aromatic rings. The number of carbonyl (C=O) groups excluding carboxylic acids is 1. The van der Waals surface area contributed by atoms with E-state index in [1.807, 2.05) is 37.3 Å². The highest BCUT2D eigenvalue weighted by Gasteiger charge is 2.35. The van der Waals surface area contributed by atoms with Crippen molar-refractivity contribution in [3.05, 3.63) is 53.6 Å². The fourth-order valence-corrected chi connectivity index (χ4v) is 3.86. The first kappa shape index (κ1) is 19.0. The Kier molecular flexibility index (Phi) is 5.27. The molecule has 3 rings (SSSR count). The summed E-state index contributed by atoms with van der Waals surface area (Å²) in [5.41, 5.74) is 2.18. The highest BCUT2D eigenvalue weighted by molar-refractivity contribution is 7.92. The predicted molar refractivity (Wildman–Crippen MR) is 103 cm³/mol. The van der Waals surface area contributed by atoms with Gasteiger partial charge in [-0.15, -0.1) is 0 Å². The molecule has 144 valence electrons. The summed E-state index contributed by atoms with van der Waals surface area (Å²) >= 11 is 0. The zero-order valence-corrected chi connectivity index (χ0v) is 16.2. The van der Waals surface area contributed by atoms with Crippen LogP contribution in [0.5, 0.6) is 11.5 Å². The molecule has 0 saturated heterocycles. The van der Waals surface area contributed by atoms with Crippen molar-refractivity contribution in [2.24, 2.45) is 0 Å². The lowest BCUT2D eigenvalue weighted by Gasteiger charge is -2.34. The van der Waals surface area contributed by atoms with E-state index in [0.29, 0.717) is 17.2 Å². The number of benzene rings is 2. The summed E-state index contributed by atoms with van der Waals surface area (Å²) in [6.45, 7) is 2.04. The van der Waals surface area contributed by atoms with Crippen molar-refractivity contribution in [2.75, 3.05) is 24.2 Å². The van der Waals surface area contributed by atoms with Crippen molar-refractivity contribution in [1.29, 1.82) is 0 Å². The molecule has 1 N–H and O–H groups in total. The fraction of sp³-hybridized carbons (Fsp3) is 0.316. The number of nitrogens with zero attached hydrogens (tertiary/aromatic N) is 1. The standard InChI is InChI=1S/C19H22N2O5S/c1-13-8-9-17-15(10-13)21(27(3,23)24)12-18(26-17)19(22)20-11-14-6-4-5-7-16(14)25-2/h4-10,18H,11-12H2,1-3H3,(H,20,22)/t18-/m0/s1. The van der Waals surface area contributed by atoms with Crippen LogP contribution in [0.4, 0.5) is 5.69 Å². The highest BCUT2D eigenvalue weighted by atomic mass is 32.2. The average Bonchev–Trinajstić information content (AvgIpc) is 2.64.